The van der Waals surface area contributed by atoms with Crippen LogP contribution in [-0.4, -0.2) is 48.1 Å². The van der Waals surface area contributed by atoms with Crippen molar-refractivity contribution < 1.29 is 22.7 Å². The van der Waals surface area contributed by atoms with Crippen LogP contribution < -0.4 is 9.64 Å². The molecule has 0 aliphatic carbocycles. The van der Waals surface area contributed by atoms with E-state index in [-0.39, 0.29) is 24.3 Å². The van der Waals surface area contributed by atoms with E-state index in [2.05, 4.69) is 11.6 Å². The first-order valence-electron chi connectivity index (χ1n) is 6.78. The normalized spacial score (nSPS) is 20.8. The highest BCUT2D eigenvalue weighted by Crippen LogP contribution is 2.38. The summed E-state index contributed by atoms with van der Waals surface area (Å²) < 4.78 is 43.5. The van der Waals surface area contributed by atoms with Crippen molar-refractivity contribution in [1.29, 1.82) is 0 Å². The molecule has 3 rings (SSSR count). The maximum Gasteiger partial charge on any atom is 0.418 e. The number of nitrogens with zero attached hydrogens (tertiary/aromatic N) is 3. The van der Waals surface area contributed by atoms with E-state index in [1.54, 1.807) is 4.90 Å². The maximum absolute atomic E-state index is 12.7. The molecular formula is C14H14F3N3O2. The van der Waals surface area contributed by atoms with Crippen molar-refractivity contribution in [3.05, 3.63) is 30.5 Å². The Hall–Kier alpha value is -2.25. The molecule has 5 nitrogen and oxygen atoms in total. The van der Waals surface area contributed by atoms with Gasteiger partial charge in [-0.25, -0.2) is 4.98 Å². The van der Waals surface area contributed by atoms with Crippen LogP contribution >= 0.6 is 0 Å². The van der Waals surface area contributed by atoms with Crippen LogP contribution in [0.4, 0.5) is 19.0 Å². The number of halogens is 3. The van der Waals surface area contributed by atoms with Crippen LogP contribution in [0.2, 0.25) is 0 Å². The molecule has 1 saturated heterocycles. The lowest BCUT2D eigenvalue weighted by atomic mass is 10.1. The van der Waals surface area contributed by atoms with Crippen molar-refractivity contribution >= 4 is 11.7 Å². The monoisotopic (exact) mass is 313 g/mol. The molecule has 0 radical (unpaired) electrons. The summed E-state index contributed by atoms with van der Waals surface area (Å²) >= 11 is 0. The molecule has 3 heterocycles. The van der Waals surface area contributed by atoms with E-state index >= 15 is 0 Å². The van der Waals surface area contributed by atoms with Crippen molar-refractivity contribution in [1.82, 2.24) is 9.88 Å². The van der Waals surface area contributed by atoms with Crippen LogP contribution in [0, 0.1) is 0 Å². The number of alkyl halides is 3. The summed E-state index contributed by atoms with van der Waals surface area (Å²) in [6.45, 7) is 5.08. The van der Waals surface area contributed by atoms with E-state index in [4.69, 9.17) is 4.74 Å². The molecule has 118 valence electrons. The Morgan fingerprint density at radius 3 is 2.91 bits per heavy atom. The minimum atomic E-state index is -4.45. The van der Waals surface area contributed by atoms with E-state index in [0.29, 0.717) is 25.5 Å². The molecule has 1 amide bonds. The Labute approximate surface area is 125 Å². The fourth-order valence-corrected chi connectivity index (χ4v) is 2.71. The van der Waals surface area contributed by atoms with Gasteiger partial charge in [0.05, 0.1) is 11.6 Å². The molecule has 1 unspecified atom stereocenters. The average molecular weight is 313 g/mol. The molecule has 8 heteroatoms. The standard InChI is InChI=1S/C14H14F3N3O2/c1-2-12(21)19-3-4-20-10(7-19)8-22-11-5-9(14(15,16)17)6-18-13(11)20/h2,5-6,10H,1,3-4,7-8H2. The Kier molecular flexibility index (Phi) is 3.46. The molecule has 0 N–H and O–H groups in total. The fourth-order valence-electron chi connectivity index (χ4n) is 2.71. The summed E-state index contributed by atoms with van der Waals surface area (Å²) in [4.78, 5) is 19.1. The topological polar surface area (TPSA) is 45.7 Å². The summed E-state index contributed by atoms with van der Waals surface area (Å²) in [5.74, 6) is 0.371. The van der Waals surface area contributed by atoms with Gasteiger partial charge in [0.1, 0.15) is 6.61 Å². The maximum atomic E-state index is 12.7. The average Bonchev–Trinajstić information content (AvgIpc) is 2.52. The second kappa shape index (κ2) is 5.19. The SMILES string of the molecule is C=CC(=O)N1CCN2c3ncc(C(F)(F)F)cc3OCC2C1. The van der Waals surface area contributed by atoms with E-state index in [0.717, 1.165) is 12.3 Å². The number of aromatic nitrogens is 1. The van der Waals surface area contributed by atoms with Gasteiger partial charge in [0.25, 0.3) is 0 Å². The smallest absolute Gasteiger partial charge is 0.418 e. The van der Waals surface area contributed by atoms with Crippen molar-refractivity contribution in [3.63, 3.8) is 0 Å². The largest absolute Gasteiger partial charge is 0.487 e. The molecule has 2 aliphatic rings. The molecule has 1 aromatic rings. The van der Waals surface area contributed by atoms with E-state index in [1.807, 2.05) is 4.90 Å². The summed E-state index contributed by atoms with van der Waals surface area (Å²) in [6, 6.07) is 0.856. The summed E-state index contributed by atoms with van der Waals surface area (Å²) in [6.07, 6.45) is -2.38. The van der Waals surface area contributed by atoms with Gasteiger partial charge in [-0.3, -0.25) is 4.79 Å². The lowest BCUT2D eigenvalue weighted by Crippen LogP contribution is -2.58. The predicted molar refractivity (Wildman–Crippen MR) is 72.6 cm³/mol. The number of anilines is 1. The molecule has 0 aromatic carbocycles. The lowest BCUT2D eigenvalue weighted by Gasteiger charge is -2.44. The molecule has 0 spiro atoms. The minimum absolute atomic E-state index is 0.116. The van der Waals surface area contributed by atoms with Gasteiger partial charge in [-0.05, 0) is 12.1 Å². The Morgan fingerprint density at radius 1 is 1.45 bits per heavy atom. The molecular weight excluding hydrogens is 299 g/mol. The number of rotatable bonds is 1. The Balaban J connectivity index is 1.84. The predicted octanol–water partition coefficient (Wildman–Crippen LogP) is 1.70. The molecule has 0 bridgehead atoms. The molecule has 1 aromatic heterocycles. The second-order valence-corrected chi connectivity index (χ2v) is 5.19. The van der Waals surface area contributed by atoms with Crippen LogP contribution in [0.1, 0.15) is 5.56 Å². The van der Waals surface area contributed by atoms with Crippen molar-refractivity contribution in [2.75, 3.05) is 31.1 Å². The van der Waals surface area contributed by atoms with E-state index < -0.39 is 11.7 Å². The third-order valence-corrected chi connectivity index (χ3v) is 3.83. The number of carbonyl (C=O) groups excluding carboxylic acids is 1. The van der Waals surface area contributed by atoms with Gasteiger partial charge in [-0.15, -0.1) is 0 Å². The first kappa shape index (κ1) is 14.7. The van der Waals surface area contributed by atoms with Gasteiger partial charge in [0.2, 0.25) is 5.91 Å². The zero-order valence-electron chi connectivity index (χ0n) is 11.6. The van der Waals surface area contributed by atoms with E-state index in [1.165, 1.54) is 6.08 Å². The van der Waals surface area contributed by atoms with Gasteiger partial charge >= 0.3 is 6.18 Å². The van der Waals surface area contributed by atoms with Gasteiger partial charge in [-0.2, -0.15) is 13.2 Å². The molecule has 2 aliphatic heterocycles. The number of fused-ring (bicyclic) bond motifs is 3. The molecule has 1 atom stereocenters. The zero-order valence-corrected chi connectivity index (χ0v) is 11.6. The zero-order chi connectivity index (χ0) is 15.9. The van der Waals surface area contributed by atoms with Crippen LogP contribution in [0.5, 0.6) is 5.75 Å². The van der Waals surface area contributed by atoms with Gasteiger partial charge in [-0.1, -0.05) is 6.58 Å². The Morgan fingerprint density at radius 2 is 2.23 bits per heavy atom. The van der Waals surface area contributed by atoms with Crippen LogP contribution in [-0.2, 0) is 11.0 Å². The lowest BCUT2D eigenvalue weighted by molar-refractivity contribution is -0.138. The summed E-state index contributed by atoms with van der Waals surface area (Å²) in [7, 11) is 0. The second-order valence-electron chi connectivity index (χ2n) is 5.19. The number of ether oxygens (including phenoxy) is 1. The van der Waals surface area contributed by atoms with Crippen LogP contribution in [0.25, 0.3) is 0 Å². The minimum Gasteiger partial charge on any atom is -0.487 e. The third kappa shape index (κ3) is 2.49. The Bertz CT molecular complexity index is 618. The van der Waals surface area contributed by atoms with Crippen LogP contribution in [0.15, 0.2) is 24.9 Å². The number of carbonyl (C=O) groups is 1. The number of hydrogen-bond acceptors (Lipinski definition) is 4. The summed E-state index contributed by atoms with van der Waals surface area (Å²) in [5.41, 5.74) is -0.829. The van der Waals surface area contributed by atoms with Gasteiger partial charge < -0.3 is 14.5 Å². The quantitative estimate of drug-likeness (QED) is 0.740. The van der Waals surface area contributed by atoms with Crippen molar-refractivity contribution in [3.8, 4) is 5.75 Å². The highest BCUT2D eigenvalue weighted by molar-refractivity contribution is 5.87. The van der Waals surface area contributed by atoms with Crippen LogP contribution in [0.3, 0.4) is 0 Å². The first-order chi connectivity index (χ1) is 10.4. The fraction of sp³-hybridized carbons (Fsp3) is 0.429. The highest BCUT2D eigenvalue weighted by Gasteiger charge is 2.37. The van der Waals surface area contributed by atoms with Crippen molar-refractivity contribution in [2.24, 2.45) is 0 Å². The summed E-state index contributed by atoms with van der Waals surface area (Å²) in [5, 5.41) is 0. The number of piperazine rings is 1. The first-order valence-corrected chi connectivity index (χ1v) is 6.78. The molecule has 1 fully saturated rings. The molecule has 22 heavy (non-hydrogen) atoms. The number of pyridine rings is 1. The molecule has 0 saturated carbocycles. The number of hydrogen-bond donors (Lipinski definition) is 0. The highest BCUT2D eigenvalue weighted by atomic mass is 19.4. The van der Waals surface area contributed by atoms with E-state index in [9.17, 15) is 18.0 Å². The number of amides is 1. The van der Waals surface area contributed by atoms with Gasteiger partial charge in [0.15, 0.2) is 11.6 Å². The van der Waals surface area contributed by atoms with Gasteiger partial charge in [0, 0.05) is 25.8 Å². The third-order valence-electron chi connectivity index (χ3n) is 3.83. The van der Waals surface area contributed by atoms with Crippen molar-refractivity contribution in [2.45, 2.75) is 12.2 Å².